The van der Waals surface area contributed by atoms with Gasteiger partial charge in [-0.1, -0.05) is 35.0 Å². The van der Waals surface area contributed by atoms with Gasteiger partial charge in [0.15, 0.2) is 0 Å². The van der Waals surface area contributed by atoms with E-state index >= 15 is 0 Å². The molecule has 1 aliphatic rings. The predicted octanol–water partition coefficient (Wildman–Crippen LogP) is 1.96. The lowest BCUT2D eigenvalue weighted by Gasteiger charge is -1.80. The van der Waals surface area contributed by atoms with E-state index in [1.807, 2.05) is 35.1 Å². The van der Waals surface area contributed by atoms with Crippen LogP contribution in [0.3, 0.4) is 0 Å². The maximum atomic E-state index is 7.23. The molecule has 0 saturated heterocycles. The van der Waals surface area contributed by atoms with E-state index in [4.69, 9.17) is 4.78 Å². The monoisotopic (exact) mass is 125 g/mol. The molecule has 0 spiro atoms. The van der Waals surface area contributed by atoms with Crippen LogP contribution in [0, 0.1) is 4.78 Å². The van der Waals surface area contributed by atoms with Gasteiger partial charge < -0.3 is 0 Å². The van der Waals surface area contributed by atoms with E-state index in [1.54, 1.807) is 0 Å². The lowest BCUT2D eigenvalue weighted by Crippen LogP contribution is -1.66. The number of hydrogen-bond acceptors (Lipinski definition) is 1. The van der Waals surface area contributed by atoms with E-state index in [2.05, 4.69) is 0 Å². The maximum absolute atomic E-state index is 7.23. The van der Waals surface area contributed by atoms with Crippen LogP contribution in [0.25, 0.3) is 0 Å². The van der Waals surface area contributed by atoms with Crippen molar-refractivity contribution in [2.45, 2.75) is 0 Å². The third-order valence-electron chi connectivity index (χ3n) is 0.784. The average molecular weight is 125 g/mol. The van der Waals surface area contributed by atoms with Gasteiger partial charge in [-0.05, 0) is 10.8 Å². The second kappa shape index (κ2) is 2.62. The summed E-state index contributed by atoms with van der Waals surface area (Å²) in [5.74, 6) is 0. The van der Waals surface area contributed by atoms with E-state index < -0.39 is 0 Å². The summed E-state index contributed by atoms with van der Waals surface area (Å²) in [6.45, 7) is 0. The van der Waals surface area contributed by atoms with E-state index in [9.17, 15) is 0 Å². The molecule has 0 aromatic heterocycles. The van der Waals surface area contributed by atoms with Crippen LogP contribution < -0.4 is 0 Å². The zero-order chi connectivity index (χ0) is 5.82. The standard InChI is InChI=1S/C6H7NS/c7-8-5-3-1-2-4-6-8/h1-7H. The fourth-order valence-electron chi connectivity index (χ4n) is 0.434. The molecule has 1 rings (SSSR count). The summed E-state index contributed by atoms with van der Waals surface area (Å²) in [6, 6.07) is 0. The van der Waals surface area contributed by atoms with Crippen LogP contribution in [-0.2, 0) is 10.7 Å². The number of allylic oxidation sites excluding steroid dienone is 4. The molecular weight excluding hydrogens is 118 g/mol. The van der Waals surface area contributed by atoms with Gasteiger partial charge in [0.05, 0.1) is 0 Å². The first-order chi connectivity index (χ1) is 3.89. The van der Waals surface area contributed by atoms with Crippen LogP contribution in [0.4, 0.5) is 0 Å². The van der Waals surface area contributed by atoms with Gasteiger partial charge in [0, 0.05) is 0 Å². The number of hydrogen-bond donors (Lipinski definition) is 1. The Balaban J connectivity index is 2.81. The van der Waals surface area contributed by atoms with Crippen LogP contribution in [0.15, 0.2) is 35.1 Å². The first kappa shape index (κ1) is 5.51. The second-order valence-corrected chi connectivity index (χ2v) is 2.70. The Morgan fingerprint density at radius 2 is 1.38 bits per heavy atom. The molecule has 0 atom stereocenters. The van der Waals surface area contributed by atoms with Gasteiger partial charge in [0.1, 0.15) is 0 Å². The molecule has 0 bridgehead atoms. The van der Waals surface area contributed by atoms with Crippen LogP contribution in [0.1, 0.15) is 0 Å². The molecule has 0 aromatic rings. The molecule has 42 valence electrons. The molecule has 0 saturated carbocycles. The summed E-state index contributed by atoms with van der Waals surface area (Å²) in [6.07, 6.45) is 7.66. The summed E-state index contributed by atoms with van der Waals surface area (Å²) >= 11 is 0. The topological polar surface area (TPSA) is 23.9 Å². The molecule has 0 amide bonds. The smallest absolute Gasteiger partial charge is 0.0141 e. The van der Waals surface area contributed by atoms with Crippen molar-refractivity contribution in [2.24, 2.45) is 0 Å². The van der Waals surface area contributed by atoms with E-state index in [0.29, 0.717) is 0 Å². The number of rotatable bonds is 0. The average Bonchev–Trinajstić information content (AvgIpc) is 1.94. The summed E-state index contributed by atoms with van der Waals surface area (Å²) in [5, 5.41) is 3.72. The SMILES string of the molecule is N=S1C=CC=CC=C1. The third-order valence-corrected chi connectivity index (χ3v) is 1.68. The fourth-order valence-corrected chi connectivity index (χ4v) is 1.04. The molecule has 1 heterocycles. The maximum Gasteiger partial charge on any atom is -0.0141 e. The van der Waals surface area contributed by atoms with E-state index in [-0.39, 0.29) is 10.7 Å². The molecule has 2 heteroatoms. The molecule has 0 aliphatic carbocycles. The van der Waals surface area contributed by atoms with Crippen LogP contribution >= 0.6 is 0 Å². The van der Waals surface area contributed by atoms with Crippen LogP contribution in [0.2, 0.25) is 0 Å². The number of nitrogens with one attached hydrogen (secondary N) is 1. The molecule has 0 radical (unpaired) electrons. The molecule has 0 fully saturated rings. The molecule has 1 N–H and O–H groups in total. The molecule has 8 heavy (non-hydrogen) atoms. The van der Waals surface area contributed by atoms with Gasteiger partial charge >= 0.3 is 0 Å². The largest absolute Gasteiger partial charge is 0.272 e. The highest BCUT2D eigenvalue weighted by atomic mass is 32.2. The minimum absolute atomic E-state index is 0.381. The highest BCUT2D eigenvalue weighted by Crippen LogP contribution is 1.94. The molecule has 1 nitrogen and oxygen atoms in total. The molecule has 1 aliphatic heterocycles. The van der Waals surface area contributed by atoms with Crippen LogP contribution in [0.5, 0.6) is 0 Å². The van der Waals surface area contributed by atoms with Crippen molar-refractivity contribution >= 4 is 10.7 Å². The fraction of sp³-hybridized carbons (Fsp3) is 0. The van der Waals surface area contributed by atoms with Crippen molar-refractivity contribution in [2.75, 3.05) is 0 Å². The Labute approximate surface area is 51.3 Å². The highest BCUT2D eigenvalue weighted by Gasteiger charge is 1.78. The Morgan fingerprint density at radius 1 is 0.875 bits per heavy atom. The van der Waals surface area contributed by atoms with Gasteiger partial charge in [0.25, 0.3) is 0 Å². The van der Waals surface area contributed by atoms with Crippen molar-refractivity contribution in [1.82, 2.24) is 0 Å². The van der Waals surface area contributed by atoms with Gasteiger partial charge in [0.2, 0.25) is 0 Å². The minimum Gasteiger partial charge on any atom is -0.272 e. The zero-order valence-electron chi connectivity index (χ0n) is 4.37. The Hall–Kier alpha value is -0.630. The van der Waals surface area contributed by atoms with Gasteiger partial charge in [-0.15, -0.1) is 0 Å². The van der Waals surface area contributed by atoms with Crippen LogP contribution in [-0.4, -0.2) is 0 Å². The Bertz CT molecular complexity index is 159. The summed E-state index contributed by atoms with van der Waals surface area (Å²) in [5.41, 5.74) is 0. The van der Waals surface area contributed by atoms with Crippen molar-refractivity contribution < 1.29 is 0 Å². The highest BCUT2D eigenvalue weighted by molar-refractivity contribution is 7.91. The Morgan fingerprint density at radius 3 is 1.88 bits per heavy atom. The van der Waals surface area contributed by atoms with E-state index in [0.717, 1.165) is 0 Å². The van der Waals surface area contributed by atoms with E-state index in [1.165, 1.54) is 0 Å². The summed E-state index contributed by atoms with van der Waals surface area (Å²) < 4.78 is 7.23. The Kier molecular flexibility index (Phi) is 1.80. The quantitative estimate of drug-likeness (QED) is 0.511. The lowest BCUT2D eigenvalue weighted by atomic mass is 10.5. The van der Waals surface area contributed by atoms with Crippen molar-refractivity contribution in [3.63, 3.8) is 0 Å². The lowest BCUT2D eigenvalue weighted by molar-refractivity contribution is 1.64. The first-order valence-corrected chi connectivity index (χ1v) is 3.69. The van der Waals surface area contributed by atoms with Gasteiger partial charge in [-0.25, -0.2) is 0 Å². The predicted molar refractivity (Wildman–Crippen MR) is 37.5 cm³/mol. The molecule has 0 aromatic carbocycles. The van der Waals surface area contributed by atoms with Gasteiger partial charge in [-0.3, -0.25) is 4.78 Å². The summed E-state index contributed by atoms with van der Waals surface area (Å²) in [7, 11) is -0.381. The van der Waals surface area contributed by atoms with Crippen molar-refractivity contribution in [1.29, 1.82) is 4.78 Å². The molecular formula is C6H7NS. The summed E-state index contributed by atoms with van der Waals surface area (Å²) in [4.78, 5) is 0. The van der Waals surface area contributed by atoms with Gasteiger partial charge in [-0.2, -0.15) is 0 Å². The van der Waals surface area contributed by atoms with Crippen molar-refractivity contribution in [3.05, 3.63) is 35.1 Å². The van der Waals surface area contributed by atoms with Crippen molar-refractivity contribution in [3.8, 4) is 0 Å². The molecule has 0 unspecified atom stereocenters. The normalized spacial score (nSPS) is 19.0. The minimum atomic E-state index is -0.381. The zero-order valence-corrected chi connectivity index (χ0v) is 5.19. The third kappa shape index (κ3) is 1.46. The second-order valence-electron chi connectivity index (χ2n) is 1.41. The first-order valence-electron chi connectivity index (χ1n) is 2.34.